The molecule has 7 heteroatoms. The van der Waals surface area contributed by atoms with Crippen molar-refractivity contribution in [1.82, 2.24) is 20.6 Å². The van der Waals surface area contributed by atoms with E-state index in [-0.39, 0.29) is 17.7 Å². The number of nitrogens with zero attached hydrogens (tertiary/aromatic N) is 3. The van der Waals surface area contributed by atoms with Crippen LogP contribution in [0.3, 0.4) is 0 Å². The Bertz CT molecular complexity index is 535. The first kappa shape index (κ1) is 12.2. The van der Waals surface area contributed by atoms with Crippen LogP contribution in [0.1, 0.15) is 19.4 Å². The highest BCUT2D eigenvalue weighted by molar-refractivity contribution is 5.97. The molecule has 0 saturated carbocycles. The van der Waals surface area contributed by atoms with Crippen LogP contribution in [0, 0.1) is 5.82 Å². The minimum Gasteiger partial charge on any atom is -0.291 e. The number of tetrazole rings is 1. The molecule has 1 heterocycles. The van der Waals surface area contributed by atoms with Gasteiger partial charge >= 0.3 is 0 Å². The van der Waals surface area contributed by atoms with Crippen LogP contribution in [0.2, 0.25) is 0 Å². The molecule has 0 unspecified atom stereocenters. The first-order valence-corrected chi connectivity index (χ1v) is 5.31. The smallest absolute Gasteiger partial charge is 0.269 e. The Balaban J connectivity index is 2.19. The van der Waals surface area contributed by atoms with E-state index < -0.39 is 5.41 Å². The maximum Gasteiger partial charge on any atom is 0.269 e. The van der Waals surface area contributed by atoms with E-state index in [0.29, 0.717) is 5.56 Å². The van der Waals surface area contributed by atoms with Crippen molar-refractivity contribution in [3.8, 4) is 0 Å². The average molecular weight is 249 g/mol. The summed E-state index contributed by atoms with van der Waals surface area (Å²) in [6.45, 7) is 3.46. The molecule has 0 saturated heterocycles. The quantitative estimate of drug-likeness (QED) is 0.857. The number of hydrogen-bond donors (Lipinski definition) is 2. The van der Waals surface area contributed by atoms with Gasteiger partial charge in [-0.05, 0) is 36.8 Å². The van der Waals surface area contributed by atoms with Crippen LogP contribution in [0.15, 0.2) is 24.3 Å². The molecule has 1 aromatic heterocycles. The van der Waals surface area contributed by atoms with Gasteiger partial charge in [0.25, 0.3) is 5.95 Å². The van der Waals surface area contributed by atoms with Gasteiger partial charge in [0, 0.05) is 0 Å². The van der Waals surface area contributed by atoms with E-state index in [1.165, 1.54) is 12.1 Å². The van der Waals surface area contributed by atoms with Crippen LogP contribution in [0.4, 0.5) is 10.3 Å². The molecule has 0 spiro atoms. The molecule has 94 valence electrons. The summed E-state index contributed by atoms with van der Waals surface area (Å²) in [5.74, 6) is -0.529. The van der Waals surface area contributed by atoms with Gasteiger partial charge in [-0.25, -0.2) is 4.39 Å². The number of carbonyl (C=O) groups is 1. The fraction of sp³-hybridized carbons (Fsp3) is 0.273. The minimum atomic E-state index is -0.825. The molecule has 1 amide bonds. The van der Waals surface area contributed by atoms with Crippen LogP contribution in [-0.4, -0.2) is 26.5 Å². The normalized spacial score (nSPS) is 11.3. The number of halogens is 1. The molecule has 0 bridgehead atoms. The van der Waals surface area contributed by atoms with Crippen LogP contribution >= 0.6 is 0 Å². The molecular formula is C11H12FN5O. The number of nitrogens with one attached hydrogen (secondary N) is 2. The summed E-state index contributed by atoms with van der Waals surface area (Å²) in [4.78, 5) is 12.1. The lowest BCUT2D eigenvalue weighted by Crippen LogP contribution is -2.35. The Morgan fingerprint density at radius 2 is 2.00 bits per heavy atom. The van der Waals surface area contributed by atoms with Crippen molar-refractivity contribution >= 4 is 11.9 Å². The number of anilines is 1. The van der Waals surface area contributed by atoms with E-state index in [2.05, 4.69) is 25.9 Å². The van der Waals surface area contributed by atoms with Crippen molar-refractivity contribution in [3.05, 3.63) is 35.6 Å². The van der Waals surface area contributed by atoms with Gasteiger partial charge in [0.15, 0.2) is 0 Å². The predicted octanol–water partition coefficient (Wildman–Crippen LogP) is 1.26. The fourth-order valence-corrected chi connectivity index (χ4v) is 1.47. The third-order valence-electron chi connectivity index (χ3n) is 2.70. The topological polar surface area (TPSA) is 83.6 Å². The molecule has 18 heavy (non-hydrogen) atoms. The molecule has 0 aliphatic rings. The summed E-state index contributed by atoms with van der Waals surface area (Å²) in [5, 5.41) is 15.4. The zero-order valence-corrected chi connectivity index (χ0v) is 9.94. The first-order valence-electron chi connectivity index (χ1n) is 5.31. The molecule has 1 aromatic carbocycles. The van der Waals surface area contributed by atoms with Crippen molar-refractivity contribution in [2.45, 2.75) is 19.3 Å². The molecule has 0 fully saturated rings. The van der Waals surface area contributed by atoms with Gasteiger partial charge < -0.3 is 0 Å². The summed E-state index contributed by atoms with van der Waals surface area (Å²) in [7, 11) is 0. The van der Waals surface area contributed by atoms with Crippen molar-refractivity contribution in [2.24, 2.45) is 0 Å². The number of benzene rings is 1. The van der Waals surface area contributed by atoms with E-state index in [9.17, 15) is 9.18 Å². The lowest BCUT2D eigenvalue weighted by molar-refractivity contribution is -0.120. The van der Waals surface area contributed by atoms with Crippen molar-refractivity contribution in [3.63, 3.8) is 0 Å². The maximum absolute atomic E-state index is 12.8. The van der Waals surface area contributed by atoms with Crippen molar-refractivity contribution in [1.29, 1.82) is 0 Å². The molecule has 2 N–H and O–H groups in total. The molecule has 2 rings (SSSR count). The summed E-state index contributed by atoms with van der Waals surface area (Å²) >= 11 is 0. The van der Waals surface area contributed by atoms with E-state index in [0.717, 1.165) is 0 Å². The zero-order chi connectivity index (χ0) is 13.2. The summed E-state index contributed by atoms with van der Waals surface area (Å²) in [5.41, 5.74) is -0.126. The second-order valence-corrected chi connectivity index (χ2v) is 4.32. The number of H-pyrrole nitrogens is 1. The Morgan fingerprint density at radius 3 is 2.56 bits per heavy atom. The third kappa shape index (κ3) is 2.34. The third-order valence-corrected chi connectivity index (χ3v) is 2.70. The van der Waals surface area contributed by atoms with Crippen LogP contribution < -0.4 is 5.32 Å². The maximum atomic E-state index is 12.8. The molecule has 0 radical (unpaired) electrons. The van der Waals surface area contributed by atoms with Gasteiger partial charge in [0.2, 0.25) is 5.91 Å². The Hall–Kier alpha value is -2.31. The standard InChI is InChI=1S/C11H12FN5O/c1-11(2,7-3-5-8(12)6-4-7)9(18)13-10-14-16-17-15-10/h3-6H,1-2H3,(H2,13,14,15,16,17,18). The van der Waals surface area contributed by atoms with Gasteiger partial charge in [-0.1, -0.05) is 17.2 Å². The summed E-state index contributed by atoms with van der Waals surface area (Å²) in [6, 6.07) is 5.79. The van der Waals surface area contributed by atoms with E-state index >= 15 is 0 Å². The summed E-state index contributed by atoms with van der Waals surface area (Å²) in [6.07, 6.45) is 0. The number of carbonyl (C=O) groups excluding carboxylic acids is 1. The molecule has 0 aliphatic heterocycles. The van der Waals surface area contributed by atoms with Crippen LogP contribution in [-0.2, 0) is 10.2 Å². The number of rotatable bonds is 3. The highest BCUT2D eigenvalue weighted by Gasteiger charge is 2.30. The minimum absolute atomic E-state index is 0.107. The van der Waals surface area contributed by atoms with Gasteiger partial charge in [-0.2, -0.15) is 5.21 Å². The monoisotopic (exact) mass is 249 g/mol. The molecule has 2 aromatic rings. The number of hydrogen-bond acceptors (Lipinski definition) is 4. The largest absolute Gasteiger partial charge is 0.291 e. The van der Waals surface area contributed by atoms with Crippen LogP contribution in [0.25, 0.3) is 0 Å². The first-order chi connectivity index (χ1) is 8.50. The van der Waals surface area contributed by atoms with Gasteiger partial charge in [0.05, 0.1) is 5.41 Å². The lowest BCUT2D eigenvalue weighted by Gasteiger charge is -2.23. The Labute approximate surface area is 103 Å². The second-order valence-electron chi connectivity index (χ2n) is 4.32. The van der Waals surface area contributed by atoms with Crippen LogP contribution in [0.5, 0.6) is 0 Å². The zero-order valence-electron chi connectivity index (χ0n) is 9.94. The van der Waals surface area contributed by atoms with Crippen molar-refractivity contribution in [2.75, 3.05) is 5.32 Å². The SMILES string of the molecule is CC(C)(C(=O)Nc1nn[nH]n1)c1ccc(F)cc1. The Kier molecular flexibility index (Phi) is 3.05. The Morgan fingerprint density at radius 1 is 1.33 bits per heavy atom. The fourth-order valence-electron chi connectivity index (χ4n) is 1.47. The highest BCUT2D eigenvalue weighted by atomic mass is 19.1. The predicted molar refractivity (Wildman–Crippen MR) is 62.2 cm³/mol. The number of aromatic nitrogens is 4. The van der Waals surface area contributed by atoms with E-state index in [1.54, 1.807) is 26.0 Å². The van der Waals surface area contributed by atoms with Gasteiger partial charge in [0.1, 0.15) is 5.82 Å². The van der Waals surface area contributed by atoms with Gasteiger partial charge in [-0.3, -0.25) is 10.1 Å². The lowest BCUT2D eigenvalue weighted by atomic mass is 9.84. The van der Waals surface area contributed by atoms with E-state index in [4.69, 9.17) is 0 Å². The summed E-state index contributed by atoms with van der Waals surface area (Å²) < 4.78 is 12.8. The second kappa shape index (κ2) is 4.52. The van der Waals surface area contributed by atoms with E-state index in [1.807, 2.05) is 0 Å². The highest BCUT2D eigenvalue weighted by Crippen LogP contribution is 2.24. The molecular weight excluding hydrogens is 237 g/mol. The number of aromatic amines is 1. The average Bonchev–Trinajstić information content (AvgIpc) is 2.82. The molecule has 0 aliphatic carbocycles. The molecule has 6 nitrogen and oxygen atoms in total. The van der Waals surface area contributed by atoms with Gasteiger partial charge in [-0.15, -0.1) is 5.10 Å². The molecule has 0 atom stereocenters. The number of amides is 1. The van der Waals surface area contributed by atoms with Crippen molar-refractivity contribution < 1.29 is 9.18 Å².